The molecule has 1 fully saturated rings. The van der Waals surface area contributed by atoms with Gasteiger partial charge >= 0.3 is 0 Å². The molecule has 27 heavy (non-hydrogen) atoms. The van der Waals surface area contributed by atoms with Crippen molar-refractivity contribution in [2.45, 2.75) is 18.9 Å². The molecule has 1 N–H and O–H groups in total. The van der Waals surface area contributed by atoms with Crippen LogP contribution in [0, 0.1) is 5.82 Å². The minimum Gasteiger partial charge on any atom is -0.376 e. The average molecular weight is 368 g/mol. The maximum Gasteiger partial charge on any atom is 0.261 e. The van der Waals surface area contributed by atoms with Crippen molar-refractivity contribution in [3.05, 3.63) is 65.0 Å². The van der Waals surface area contributed by atoms with Gasteiger partial charge in [-0.25, -0.2) is 4.39 Å². The van der Waals surface area contributed by atoms with E-state index < -0.39 is 11.7 Å². The van der Waals surface area contributed by atoms with E-state index in [1.807, 2.05) is 0 Å². The van der Waals surface area contributed by atoms with E-state index >= 15 is 0 Å². The van der Waals surface area contributed by atoms with E-state index in [-0.39, 0.29) is 30.0 Å². The average Bonchev–Trinajstić information content (AvgIpc) is 3.25. The van der Waals surface area contributed by atoms with Crippen LogP contribution in [-0.2, 0) is 4.74 Å². The topological polar surface area (TPSA) is 75.7 Å². The van der Waals surface area contributed by atoms with Gasteiger partial charge in [-0.15, -0.1) is 0 Å². The molecule has 0 aromatic heterocycles. The lowest BCUT2D eigenvalue weighted by atomic mass is 10.1. The lowest BCUT2D eigenvalue weighted by Crippen LogP contribution is -2.36. The number of carbonyl (C=O) groups is 3. The van der Waals surface area contributed by atoms with Crippen LogP contribution in [0.15, 0.2) is 42.5 Å². The molecule has 7 heteroatoms. The molecule has 2 aliphatic rings. The highest BCUT2D eigenvalue weighted by Crippen LogP contribution is 2.27. The fraction of sp³-hybridized carbons (Fsp3) is 0.250. The molecule has 0 bridgehead atoms. The van der Waals surface area contributed by atoms with Crippen molar-refractivity contribution in [3.8, 4) is 0 Å². The van der Waals surface area contributed by atoms with Crippen LogP contribution in [0.1, 0.15) is 43.9 Å². The number of ether oxygens (including phenoxy) is 1. The second-order valence-corrected chi connectivity index (χ2v) is 6.58. The van der Waals surface area contributed by atoms with Crippen LogP contribution < -0.4 is 5.32 Å². The Hall–Kier alpha value is -3.06. The van der Waals surface area contributed by atoms with Crippen molar-refractivity contribution in [3.63, 3.8) is 0 Å². The number of amides is 3. The van der Waals surface area contributed by atoms with Crippen molar-refractivity contribution in [2.24, 2.45) is 0 Å². The van der Waals surface area contributed by atoms with E-state index in [2.05, 4.69) is 5.32 Å². The Labute approximate surface area is 154 Å². The minimum atomic E-state index is -0.431. The maximum absolute atomic E-state index is 13.0. The number of nitrogens with zero attached hydrogens (tertiary/aromatic N) is 1. The second-order valence-electron chi connectivity index (χ2n) is 6.58. The number of nitrogens with one attached hydrogen (secondary N) is 1. The van der Waals surface area contributed by atoms with Crippen LogP contribution in [0.5, 0.6) is 0 Å². The summed E-state index contributed by atoms with van der Waals surface area (Å²) < 4.78 is 18.5. The SMILES string of the molecule is O=C(Nc1ccc2c(c1)C(=O)N(CC1CCCO1)C2=O)c1ccc(F)cc1. The van der Waals surface area contributed by atoms with Crippen LogP contribution >= 0.6 is 0 Å². The number of carbonyl (C=O) groups excluding carboxylic acids is 3. The molecule has 0 radical (unpaired) electrons. The van der Waals surface area contributed by atoms with Crippen LogP contribution in [0.3, 0.4) is 0 Å². The molecule has 2 aromatic carbocycles. The van der Waals surface area contributed by atoms with Crippen molar-refractivity contribution in [1.82, 2.24) is 4.90 Å². The summed E-state index contributed by atoms with van der Waals surface area (Å²) in [5, 5.41) is 2.66. The normalized spacial score (nSPS) is 18.7. The van der Waals surface area contributed by atoms with E-state index in [9.17, 15) is 18.8 Å². The molecule has 0 saturated carbocycles. The summed E-state index contributed by atoms with van der Waals surface area (Å²) in [7, 11) is 0. The summed E-state index contributed by atoms with van der Waals surface area (Å²) in [6.07, 6.45) is 1.63. The fourth-order valence-electron chi connectivity index (χ4n) is 3.33. The molecule has 2 heterocycles. The predicted molar refractivity (Wildman–Crippen MR) is 95.1 cm³/mol. The molecule has 0 spiro atoms. The third kappa shape index (κ3) is 3.33. The molecular weight excluding hydrogens is 351 g/mol. The summed E-state index contributed by atoms with van der Waals surface area (Å²) in [6, 6.07) is 9.73. The zero-order valence-corrected chi connectivity index (χ0v) is 14.4. The van der Waals surface area contributed by atoms with E-state index in [1.165, 1.54) is 41.3 Å². The third-order valence-corrected chi connectivity index (χ3v) is 4.75. The zero-order chi connectivity index (χ0) is 19.0. The van der Waals surface area contributed by atoms with Gasteiger partial charge in [-0.05, 0) is 55.3 Å². The number of hydrogen-bond acceptors (Lipinski definition) is 4. The van der Waals surface area contributed by atoms with Gasteiger partial charge in [-0.3, -0.25) is 19.3 Å². The van der Waals surface area contributed by atoms with Crippen molar-refractivity contribution >= 4 is 23.4 Å². The minimum absolute atomic E-state index is 0.120. The Balaban J connectivity index is 1.52. The Morgan fingerprint density at radius 1 is 1.11 bits per heavy atom. The molecule has 6 nitrogen and oxygen atoms in total. The van der Waals surface area contributed by atoms with Gasteiger partial charge in [-0.1, -0.05) is 0 Å². The first-order chi connectivity index (χ1) is 13.0. The zero-order valence-electron chi connectivity index (χ0n) is 14.4. The molecule has 4 rings (SSSR count). The largest absolute Gasteiger partial charge is 0.376 e. The molecule has 1 unspecified atom stereocenters. The smallest absolute Gasteiger partial charge is 0.261 e. The number of hydrogen-bond donors (Lipinski definition) is 1. The lowest BCUT2D eigenvalue weighted by Gasteiger charge is -2.17. The van der Waals surface area contributed by atoms with Gasteiger partial charge in [0.05, 0.1) is 23.8 Å². The van der Waals surface area contributed by atoms with Gasteiger partial charge in [-0.2, -0.15) is 0 Å². The van der Waals surface area contributed by atoms with E-state index in [0.717, 1.165) is 12.8 Å². The Bertz CT molecular complexity index is 920. The van der Waals surface area contributed by atoms with Gasteiger partial charge in [0.1, 0.15) is 5.82 Å². The van der Waals surface area contributed by atoms with Gasteiger partial charge in [0.15, 0.2) is 0 Å². The number of benzene rings is 2. The first kappa shape index (κ1) is 17.4. The summed E-state index contributed by atoms with van der Waals surface area (Å²) in [5.41, 5.74) is 1.26. The van der Waals surface area contributed by atoms with E-state index in [1.54, 1.807) is 6.07 Å². The lowest BCUT2D eigenvalue weighted by molar-refractivity contribution is 0.0475. The molecule has 1 saturated heterocycles. The highest BCUT2D eigenvalue weighted by atomic mass is 19.1. The van der Waals surface area contributed by atoms with Crippen LogP contribution in [0.4, 0.5) is 10.1 Å². The van der Waals surface area contributed by atoms with Gasteiger partial charge in [0.2, 0.25) is 0 Å². The number of anilines is 1. The second kappa shape index (κ2) is 6.92. The van der Waals surface area contributed by atoms with Crippen molar-refractivity contribution < 1.29 is 23.5 Å². The molecule has 1 atom stereocenters. The number of rotatable bonds is 4. The maximum atomic E-state index is 13.0. The number of imide groups is 1. The molecule has 2 aromatic rings. The fourth-order valence-corrected chi connectivity index (χ4v) is 3.33. The Morgan fingerprint density at radius 2 is 1.85 bits per heavy atom. The molecule has 2 aliphatic heterocycles. The highest BCUT2D eigenvalue weighted by molar-refractivity contribution is 6.22. The van der Waals surface area contributed by atoms with Gasteiger partial charge in [0, 0.05) is 17.9 Å². The standard InChI is InChI=1S/C20H17FN2O4/c21-13-5-3-12(4-6-13)18(24)22-14-7-8-16-17(10-14)20(26)23(19(16)25)11-15-2-1-9-27-15/h3-8,10,15H,1-2,9,11H2,(H,22,24). The van der Waals surface area contributed by atoms with Crippen LogP contribution in [0.25, 0.3) is 0 Å². The highest BCUT2D eigenvalue weighted by Gasteiger charge is 2.37. The quantitative estimate of drug-likeness (QED) is 0.842. The van der Waals surface area contributed by atoms with Crippen LogP contribution in [-0.4, -0.2) is 41.9 Å². The van der Waals surface area contributed by atoms with E-state index in [0.29, 0.717) is 23.4 Å². The monoisotopic (exact) mass is 368 g/mol. The van der Waals surface area contributed by atoms with Crippen LogP contribution in [0.2, 0.25) is 0 Å². The predicted octanol–water partition coefficient (Wildman–Crippen LogP) is 2.85. The molecular formula is C20H17FN2O4. The first-order valence-corrected chi connectivity index (χ1v) is 8.72. The summed E-state index contributed by atoms with van der Waals surface area (Å²) in [5.74, 6) is -1.59. The summed E-state index contributed by atoms with van der Waals surface area (Å²) >= 11 is 0. The molecule has 138 valence electrons. The van der Waals surface area contributed by atoms with E-state index in [4.69, 9.17) is 4.74 Å². The summed E-state index contributed by atoms with van der Waals surface area (Å²) in [4.78, 5) is 38.6. The number of halogens is 1. The number of fused-ring (bicyclic) bond motifs is 1. The Morgan fingerprint density at radius 3 is 2.56 bits per heavy atom. The molecule has 3 amide bonds. The summed E-state index contributed by atoms with van der Waals surface area (Å²) in [6.45, 7) is 0.886. The third-order valence-electron chi connectivity index (χ3n) is 4.75. The van der Waals surface area contributed by atoms with Crippen molar-refractivity contribution in [1.29, 1.82) is 0 Å². The van der Waals surface area contributed by atoms with Crippen molar-refractivity contribution in [2.75, 3.05) is 18.5 Å². The Kier molecular flexibility index (Phi) is 4.45. The van der Waals surface area contributed by atoms with Gasteiger partial charge < -0.3 is 10.1 Å². The molecule has 0 aliphatic carbocycles. The van der Waals surface area contributed by atoms with Gasteiger partial charge in [0.25, 0.3) is 17.7 Å². The first-order valence-electron chi connectivity index (χ1n) is 8.72.